The Morgan fingerprint density at radius 2 is 2.07 bits per heavy atom. The van der Waals surface area contributed by atoms with Crippen LogP contribution >= 0.6 is 0 Å². The summed E-state index contributed by atoms with van der Waals surface area (Å²) in [5.74, 6) is -0.156. The van der Waals surface area contributed by atoms with Crippen molar-refractivity contribution >= 4 is 5.57 Å². The van der Waals surface area contributed by atoms with Crippen LogP contribution in [0.15, 0.2) is 24.3 Å². The maximum Gasteiger partial charge on any atom is 0.131 e. The Bertz CT molecular complexity index is 413. The van der Waals surface area contributed by atoms with Gasteiger partial charge >= 0.3 is 0 Å². The van der Waals surface area contributed by atoms with Gasteiger partial charge in [-0.3, -0.25) is 0 Å². The highest BCUT2D eigenvalue weighted by molar-refractivity contribution is 5.76. The number of hydrogen-bond acceptors (Lipinski definition) is 1. The molecule has 0 saturated heterocycles. The first-order chi connectivity index (χ1) is 7.00. The third-order valence-corrected chi connectivity index (χ3v) is 2.83. The van der Waals surface area contributed by atoms with Crippen molar-refractivity contribution in [2.45, 2.75) is 32.2 Å². The zero-order valence-electron chi connectivity index (χ0n) is 9.18. The third-order valence-electron chi connectivity index (χ3n) is 2.83. The van der Waals surface area contributed by atoms with E-state index in [0.717, 1.165) is 29.5 Å². The second-order valence-electron chi connectivity index (χ2n) is 4.65. The summed E-state index contributed by atoms with van der Waals surface area (Å²) in [6.45, 7) is 3.83. The molecule has 0 saturated carbocycles. The lowest BCUT2D eigenvalue weighted by Gasteiger charge is -2.28. The van der Waals surface area contributed by atoms with Gasteiger partial charge in [0.25, 0.3) is 0 Å². The summed E-state index contributed by atoms with van der Waals surface area (Å²) in [4.78, 5) is 0. The molecule has 1 aliphatic rings. The Kier molecular flexibility index (Phi) is 2.39. The zero-order chi connectivity index (χ0) is 11.1. The van der Waals surface area contributed by atoms with Gasteiger partial charge in [-0.2, -0.15) is 0 Å². The Labute approximate surface area is 89.8 Å². The second kappa shape index (κ2) is 3.46. The topological polar surface area (TPSA) is 26.0 Å². The van der Waals surface area contributed by atoms with Gasteiger partial charge in [0.05, 0.1) is 0 Å². The van der Waals surface area contributed by atoms with E-state index in [9.17, 15) is 4.39 Å². The first-order valence-corrected chi connectivity index (χ1v) is 5.27. The molecule has 0 fully saturated rings. The minimum atomic E-state index is -0.475. The van der Waals surface area contributed by atoms with Gasteiger partial charge in [-0.15, -0.1) is 0 Å². The van der Waals surface area contributed by atoms with E-state index < -0.39 is 5.54 Å². The number of halogens is 1. The monoisotopic (exact) mass is 205 g/mol. The van der Waals surface area contributed by atoms with E-state index in [1.54, 1.807) is 6.07 Å². The van der Waals surface area contributed by atoms with Crippen LogP contribution in [0.2, 0.25) is 0 Å². The Morgan fingerprint density at radius 1 is 1.33 bits per heavy atom. The van der Waals surface area contributed by atoms with E-state index in [2.05, 4.69) is 6.08 Å². The highest BCUT2D eigenvalue weighted by atomic mass is 19.1. The molecular formula is C13H16FN. The molecule has 0 unspecified atom stereocenters. The molecule has 2 rings (SSSR count). The summed E-state index contributed by atoms with van der Waals surface area (Å²) < 4.78 is 13.8. The molecule has 0 aliphatic heterocycles. The summed E-state index contributed by atoms with van der Waals surface area (Å²) in [7, 11) is 0. The maximum atomic E-state index is 13.8. The molecule has 1 aromatic rings. The normalized spacial score (nSPS) is 15.9. The first kappa shape index (κ1) is 10.4. The van der Waals surface area contributed by atoms with Crippen LogP contribution in [0.25, 0.3) is 5.57 Å². The minimum Gasteiger partial charge on any atom is -0.322 e. The zero-order valence-corrected chi connectivity index (χ0v) is 9.18. The largest absolute Gasteiger partial charge is 0.322 e. The number of rotatable bonds is 1. The number of hydrogen-bond donors (Lipinski definition) is 1. The van der Waals surface area contributed by atoms with Crippen LogP contribution in [0, 0.1) is 5.82 Å². The van der Waals surface area contributed by atoms with E-state index in [0.29, 0.717) is 0 Å². The predicted molar refractivity (Wildman–Crippen MR) is 61.0 cm³/mol. The summed E-state index contributed by atoms with van der Waals surface area (Å²) >= 11 is 0. The molecule has 0 spiro atoms. The molecule has 15 heavy (non-hydrogen) atoms. The van der Waals surface area contributed by atoms with Crippen LogP contribution in [0.4, 0.5) is 4.39 Å². The Morgan fingerprint density at radius 3 is 2.73 bits per heavy atom. The highest BCUT2D eigenvalue weighted by Gasteiger charge is 2.25. The molecule has 1 nitrogen and oxygen atoms in total. The molecular weight excluding hydrogens is 189 g/mol. The van der Waals surface area contributed by atoms with Gasteiger partial charge in [-0.05, 0) is 43.9 Å². The van der Waals surface area contributed by atoms with Crippen molar-refractivity contribution in [2.24, 2.45) is 5.73 Å². The molecule has 0 atom stereocenters. The van der Waals surface area contributed by atoms with E-state index in [-0.39, 0.29) is 5.82 Å². The fourth-order valence-electron chi connectivity index (χ4n) is 2.14. The van der Waals surface area contributed by atoms with Crippen LogP contribution in [0.1, 0.15) is 31.4 Å². The maximum absolute atomic E-state index is 13.8. The molecule has 0 amide bonds. The van der Waals surface area contributed by atoms with Gasteiger partial charge in [0.15, 0.2) is 0 Å². The number of benzene rings is 1. The van der Waals surface area contributed by atoms with Crippen molar-refractivity contribution in [2.75, 3.05) is 0 Å². The van der Waals surface area contributed by atoms with Crippen LogP contribution in [-0.2, 0) is 6.42 Å². The Hall–Kier alpha value is -1.15. The van der Waals surface area contributed by atoms with E-state index in [4.69, 9.17) is 5.73 Å². The van der Waals surface area contributed by atoms with E-state index >= 15 is 0 Å². The van der Waals surface area contributed by atoms with Crippen molar-refractivity contribution in [3.05, 3.63) is 41.2 Å². The molecule has 80 valence electrons. The van der Waals surface area contributed by atoms with Gasteiger partial charge < -0.3 is 5.73 Å². The Balaban J connectivity index is 2.60. The lowest BCUT2D eigenvalue weighted by atomic mass is 9.81. The number of allylic oxidation sites excluding steroid dienone is 1. The summed E-state index contributed by atoms with van der Waals surface area (Å²) in [6.07, 6.45) is 3.92. The first-order valence-electron chi connectivity index (χ1n) is 5.27. The molecule has 2 N–H and O–H groups in total. The van der Waals surface area contributed by atoms with Gasteiger partial charge in [0.1, 0.15) is 5.82 Å². The molecule has 0 radical (unpaired) electrons. The van der Waals surface area contributed by atoms with Gasteiger partial charge in [-0.1, -0.05) is 18.2 Å². The number of aryl methyl sites for hydroxylation is 1. The fraction of sp³-hybridized carbons (Fsp3) is 0.385. The molecule has 0 bridgehead atoms. The average molecular weight is 205 g/mol. The van der Waals surface area contributed by atoms with Crippen LogP contribution < -0.4 is 5.73 Å². The van der Waals surface area contributed by atoms with Crippen molar-refractivity contribution in [3.8, 4) is 0 Å². The van der Waals surface area contributed by atoms with Crippen molar-refractivity contribution in [1.82, 2.24) is 0 Å². The van der Waals surface area contributed by atoms with Crippen LogP contribution in [0.5, 0.6) is 0 Å². The quantitative estimate of drug-likeness (QED) is 0.749. The number of nitrogens with two attached hydrogens (primary N) is 1. The molecule has 1 aliphatic carbocycles. The van der Waals surface area contributed by atoms with E-state index in [1.165, 1.54) is 6.07 Å². The summed E-state index contributed by atoms with van der Waals surface area (Å²) in [5, 5.41) is 0. The minimum absolute atomic E-state index is 0.156. The SMILES string of the molecule is CC(C)(N)C1=CCCc2cccc(F)c21. The van der Waals surface area contributed by atoms with Gasteiger partial charge in [0.2, 0.25) is 0 Å². The van der Waals surface area contributed by atoms with Crippen molar-refractivity contribution in [1.29, 1.82) is 0 Å². The summed E-state index contributed by atoms with van der Waals surface area (Å²) in [5.41, 5.74) is 8.31. The predicted octanol–water partition coefficient (Wildman–Crippen LogP) is 2.89. The standard InChI is InChI=1S/C13H16FN/c1-13(2,15)10-7-3-5-9-6-4-8-11(14)12(9)10/h4,6-8H,3,5,15H2,1-2H3. The van der Waals surface area contributed by atoms with E-state index in [1.807, 2.05) is 19.9 Å². The molecule has 1 aromatic carbocycles. The van der Waals surface area contributed by atoms with Gasteiger partial charge in [-0.25, -0.2) is 4.39 Å². The molecule has 0 heterocycles. The number of fused-ring (bicyclic) bond motifs is 1. The second-order valence-corrected chi connectivity index (χ2v) is 4.65. The lowest BCUT2D eigenvalue weighted by molar-refractivity contribution is 0.604. The molecule has 0 aromatic heterocycles. The third kappa shape index (κ3) is 1.82. The van der Waals surface area contributed by atoms with Crippen molar-refractivity contribution in [3.63, 3.8) is 0 Å². The average Bonchev–Trinajstić information content (AvgIpc) is 2.16. The van der Waals surface area contributed by atoms with Crippen LogP contribution in [-0.4, -0.2) is 5.54 Å². The van der Waals surface area contributed by atoms with Gasteiger partial charge in [0, 0.05) is 11.1 Å². The molecule has 2 heteroatoms. The lowest BCUT2D eigenvalue weighted by Crippen LogP contribution is -2.35. The van der Waals surface area contributed by atoms with Crippen molar-refractivity contribution < 1.29 is 4.39 Å². The smallest absolute Gasteiger partial charge is 0.131 e. The summed E-state index contributed by atoms with van der Waals surface area (Å²) in [6, 6.07) is 5.25. The van der Waals surface area contributed by atoms with Crippen LogP contribution in [0.3, 0.4) is 0 Å². The fourth-order valence-corrected chi connectivity index (χ4v) is 2.14. The highest BCUT2D eigenvalue weighted by Crippen LogP contribution is 2.34.